The second kappa shape index (κ2) is 5.17. The molecule has 0 aliphatic heterocycles. The quantitative estimate of drug-likeness (QED) is 0.661. The maximum Gasteiger partial charge on any atom is 0.163 e. The van der Waals surface area contributed by atoms with Gasteiger partial charge in [-0.3, -0.25) is 4.98 Å². The van der Waals surface area contributed by atoms with Crippen LogP contribution in [0.2, 0.25) is 5.15 Å². The Morgan fingerprint density at radius 2 is 1.90 bits per heavy atom. The minimum Gasteiger partial charge on any atom is -0.263 e. The van der Waals surface area contributed by atoms with Gasteiger partial charge in [0.2, 0.25) is 0 Å². The average Bonchev–Trinajstić information content (AvgIpc) is 2.49. The Hall–Kier alpha value is -2.00. The fourth-order valence-electron chi connectivity index (χ4n) is 2.29. The molecule has 0 saturated heterocycles. The monoisotopic (exact) mass is 283 g/mol. The van der Waals surface area contributed by atoms with Crippen LogP contribution in [-0.2, 0) is 6.42 Å². The van der Waals surface area contributed by atoms with E-state index in [0.29, 0.717) is 11.0 Å². The molecule has 0 saturated carbocycles. The van der Waals surface area contributed by atoms with Crippen LogP contribution < -0.4 is 0 Å². The smallest absolute Gasteiger partial charge is 0.163 e. The van der Waals surface area contributed by atoms with Crippen molar-refractivity contribution in [3.05, 3.63) is 53.1 Å². The Morgan fingerprint density at radius 3 is 2.70 bits per heavy atom. The number of rotatable bonds is 2. The number of nitrogens with zero attached hydrogens (tertiary/aromatic N) is 3. The molecule has 2 aromatic heterocycles. The Balaban J connectivity index is 2.28. The van der Waals surface area contributed by atoms with Crippen molar-refractivity contribution in [2.75, 3.05) is 0 Å². The van der Waals surface area contributed by atoms with Gasteiger partial charge in [0, 0.05) is 34.6 Å². The van der Waals surface area contributed by atoms with E-state index in [-0.39, 0.29) is 0 Å². The molecule has 0 unspecified atom stereocenters. The lowest BCUT2D eigenvalue weighted by molar-refractivity contribution is 0.977. The van der Waals surface area contributed by atoms with Gasteiger partial charge in [0.15, 0.2) is 5.82 Å². The zero-order valence-corrected chi connectivity index (χ0v) is 12.1. The number of fused-ring (bicyclic) bond motifs is 1. The molecule has 0 spiro atoms. The summed E-state index contributed by atoms with van der Waals surface area (Å²) < 4.78 is 0. The van der Waals surface area contributed by atoms with Crippen LogP contribution in [0.25, 0.3) is 22.2 Å². The third-order valence-electron chi connectivity index (χ3n) is 3.43. The van der Waals surface area contributed by atoms with E-state index in [9.17, 15) is 0 Å². The molecule has 0 aliphatic rings. The number of aromatic nitrogens is 3. The molecule has 0 N–H and O–H groups in total. The summed E-state index contributed by atoms with van der Waals surface area (Å²) in [5, 5.41) is 2.67. The van der Waals surface area contributed by atoms with Gasteiger partial charge in [0.25, 0.3) is 0 Å². The largest absolute Gasteiger partial charge is 0.263 e. The third-order valence-corrected chi connectivity index (χ3v) is 3.80. The lowest BCUT2D eigenvalue weighted by Gasteiger charge is -2.09. The molecule has 0 radical (unpaired) electrons. The van der Waals surface area contributed by atoms with E-state index in [1.165, 1.54) is 0 Å². The molecule has 100 valence electrons. The van der Waals surface area contributed by atoms with Crippen LogP contribution in [0.1, 0.15) is 18.2 Å². The molecular weight excluding hydrogens is 270 g/mol. The number of aryl methyl sites for hydroxylation is 1. The normalized spacial score (nSPS) is 10.9. The Kier molecular flexibility index (Phi) is 3.36. The Bertz CT molecular complexity index is 779. The summed E-state index contributed by atoms with van der Waals surface area (Å²) >= 11 is 6.23. The van der Waals surface area contributed by atoms with Gasteiger partial charge in [-0.1, -0.05) is 42.8 Å². The van der Waals surface area contributed by atoms with Gasteiger partial charge in [0.05, 0.1) is 0 Å². The van der Waals surface area contributed by atoms with Crippen molar-refractivity contribution in [3.63, 3.8) is 0 Å². The maximum absolute atomic E-state index is 6.23. The van der Waals surface area contributed by atoms with Crippen LogP contribution in [0.5, 0.6) is 0 Å². The van der Waals surface area contributed by atoms with Crippen molar-refractivity contribution in [2.24, 2.45) is 0 Å². The SMILES string of the molecule is CCc1nc(-c2cncc3ccccc23)nc(Cl)c1C. The summed E-state index contributed by atoms with van der Waals surface area (Å²) in [5.41, 5.74) is 2.85. The highest BCUT2D eigenvalue weighted by Gasteiger charge is 2.12. The maximum atomic E-state index is 6.23. The lowest BCUT2D eigenvalue weighted by Crippen LogP contribution is -2.00. The average molecular weight is 284 g/mol. The van der Waals surface area contributed by atoms with E-state index in [2.05, 4.69) is 27.9 Å². The molecule has 3 rings (SSSR count). The molecule has 20 heavy (non-hydrogen) atoms. The van der Waals surface area contributed by atoms with Gasteiger partial charge in [-0.05, 0) is 18.7 Å². The molecule has 0 atom stereocenters. The zero-order chi connectivity index (χ0) is 14.1. The fraction of sp³-hybridized carbons (Fsp3) is 0.188. The molecule has 0 aliphatic carbocycles. The van der Waals surface area contributed by atoms with Crippen LogP contribution in [0.3, 0.4) is 0 Å². The van der Waals surface area contributed by atoms with E-state index >= 15 is 0 Å². The highest BCUT2D eigenvalue weighted by atomic mass is 35.5. The molecule has 0 bridgehead atoms. The summed E-state index contributed by atoms with van der Waals surface area (Å²) in [7, 11) is 0. The van der Waals surface area contributed by atoms with Crippen molar-refractivity contribution in [2.45, 2.75) is 20.3 Å². The summed E-state index contributed by atoms with van der Waals surface area (Å²) in [5.74, 6) is 0.641. The van der Waals surface area contributed by atoms with Crippen LogP contribution in [0, 0.1) is 6.92 Å². The Morgan fingerprint density at radius 1 is 1.10 bits per heavy atom. The molecule has 0 fully saturated rings. The van der Waals surface area contributed by atoms with Gasteiger partial charge in [-0.2, -0.15) is 0 Å². The minimum absolute atomic E-state index is 0.514. The second-order valence-electron chi connectivity index (χ2n) is 4.67. The number of benzene rings is 1. The van der Waals surface area contributed by atoms with Crippen molar-refractivity contribution in [3.8, 4) is 11.4 Å². The van der Waals surface area contributed by atoms with Gasteiger partial charge in [0.1, 0.15) is 5.15 Å². The van der Waals surface area contributed by atoms with Crippen LogP contribution in [0.15, 0.2) is 36.7 Å². The first-order valence-corrected chi connectivity index (χ1v) is 6.94. The van der Waals surface area contributed by atoms with E-state index < -0.39 is 0 Å². The standard InChI is InChI=1S/C16H14ClN3/c1-3-14-10(2)15(17)20-16(19-14)13-9-18-8-11-6-4-5-7-12(11)13/h4-9H,3H2,1-2H3. The first-order valence-electron chi connectivity index (χ1n) is 6.57. The van der Waals surface area contributed by atoms with E-state index in [4.69, 9.17) is 11.6 Å². The molecule has 4 heteroatoms. The first kappa shape index (κ1) is 13.0. The highest BCUT2D eigenvalue weighted by Crippen LogP contribution is 2.27. The highest BCUT2D eigenvalue weighted by molar-refractivity contribution is 6.30. The number of hydrogen-bond acceptors (Lipinski definition) is 3. The van der Waals surface area contributed by atoms with Crippen molar-refractivity contribution >= 4 is 22.4 Å². The van der Waals surface area contributed by atoms with E-state index in [0.717, 1.165) is 34.0 Å². The van der Waals surface area contributed by atoms with E-state index in [1.807, 2.05) is 31.3 Å². The zero-order valence-electron chi connectivity index (χ0n) is 11.4. The van der Waals surface area contributed by atoms with Crippen LogP contribution >= 0.6 is 11.6 Å². The minimum atomic E-state index is 0.514. The molecular formula is C16H14ClN3. The summed E-state index contributed by atoms with van der Waals surface area (Å²) in [6.45, 7) is 4.02. The Labute approximate surface area is 122 Å². The molecule has 0 amide bonds. The number of hydrogen-bond donors (Lipinski definition) is 0. The lowest BCUT2D eigenvalue weighted by atomic mass is 10.1. The number of pyridine rings is 1. The molecule has 3 aromatic rings. The van der Waals surface area contributed by atoms with Crippen molar-refractivity contribution in [1.29, 1.82) is 0 Å². The van der Waals surface area contributed by atoms with Gasteiger partial charge in [-0.25, -0.2) is 9.97 Å². The van der Waals surface area contributed by atoms with Gasteiger partial charge < -0.3 is 0 Å². The van der Waals surface area contributed by atoms with Crippen molar-refractivity contribution in [1.82, 2.24) is 15.0 Å². The molecule has 1 aromatic carbocycles. The van der Waals surface area contributed by atoms with Crippen LogP contribution in [-0.4, -0.2) is 15.0 Å². The molecule has 3 nitrogen and oxygen atoms in total. The van der Waals surface area contributed by atoms with Crippen LogP contribution in [0.4, 0.5) is 0 Å². The summed E-state index contributed by atoms with van der Waals surface area (Å²) in [4.78, 5) is 13.3. The van der Waals surface area contributed by atoms with E-state index in [1.54, 1.807) is 6.20 Å². The summed E-state index contributed by atoms with van der Waals surface area (Å²) in [6, 6.07) is 8.08. The third kappa shape index (κ3) is 2.14. The fourth-order valence-corrected chi connectivity index (χ4v) is 2.48. The summed E-state index contributed by atoms with van der Waals surface area (Å²) in [6.07, 6.45) is 4.47. The predicted molar refractivity (Wildman–Crippen MR) is 81.9 cm³/mol. The second-order valence-corrected chi connectivity index (χ2v) is 5.03. The molecule has 2 heterocycles. The first-order chi connectivity index (χ1) is 9.70. The topological polar surface area (TPSA) is 38.7 Å². The van der Waals surface area contributed by atoms with Gasteiger partial charge >= 0.3 is 0 Å². The predicted octanol–water partition coefficient (Wildman–Crippen LogP) is 4.22. The van der Waals surface area contributed by atoms with Crippen molar-refractivity contribution < 1.29 is 0 Å². The number of halogens is 1. The van der Waals surface area contributed by atoms with Gasteiger partial charge in [-0.15, -0.1) is 0 Å².